The number of amides is 2. The van der Waals surface area contributed by atoms with E-state index in [1.165, 1.54) is 11.3 Å². The highest BCUT2D eigenvalue weighted by molar-refractivity contribution is 7.17. The summed E-state index contributed by atoms with van der Waals surface area (Å²) in [6.07, 6.45) is 8.16. The Morgan fingerprint density at radius 3 is 2.58 bits per heavy atom. The number of allylic oxidation sites excluding steroid dienone is 2. The maximum Gasteiger partial charge on any atom is 0.307 e. The molecule has 6 nitrogen and oxygen atoms in total. The Kier molecular flexibility index (Phi) is 5.46. The highest BCUT2D eigenvalue weighted by Gasteiger charge is 2.35. The van der Waals surface area contributed by atoms with Gasteiger partial charge in [-0.1, -0.05) is 25.5 Å². The van der Waals surface area contributed by atoms with Crippen molar-refractivity contribution in [2.24, 2.45) is 23.5 Å². The second kappa shape index (κ2) is 7.61. The molecule has 0 saturated heterocycles. The van der Waals surface area contributed by atoms with Gasteiger partial charge < -0.3 is 16.2 Å². The first-order valence-electron chi connectivity index (χ1n) is 9.05. The first-order chi connectivity index (χ1) is 12.4. The van der Waals surface area contributed by atoms with Gasteiger partial charge in [-0.05, 0) is 43.6 Å². The van der Waals surface area contributed by atoms with Crippen molar-refractivity contribution in [2.45, 2.75) is 45.4 Å². The largest absolute Gasteiger partial charge is 0.481 e. The Hall–Kier alpha value is -2.15. The smallest absolute Gasteiger partial charge is 0.307 e. The Morgan fingerprint density at radius 1 is 1.27 bits per heavy atom. The quantitative estimate of drug-likeness (QED) is 0.686. The topological polar surface area (TPSA) is 109 Å². The summed E-state index contributed by atoms with van der Waals surface area (Å²) in [6, 6.07) is 0. The van der Waals surface area contributed by atoms with E-state index in [9.17, 15) is 19.5 Å². The van der Waals surface area contributed by atoms with E-state index in [0.29, 0.717) is 29.3 Å². The zero-order chi connectivity index (χ0) is 18.8. The normalized spacial score (nSPS) is 24.7. The van der Waals surface area contributed by atoms with Crippen molar-refractivity contribution in [1.29, 1.82) is 0 Å². The van der Waals surface area contributed by atoms with Crippen molar-refractivity contribution in [3.8, 4) is 0 Å². The number of fused-ring (bicyclic) bond motifs is 1. The lowest BCUT2D eigenvalue weighted by atomic mass is 9.82. The van der Waals surface area contributed by atoms with Gasteiger partial charge in [0.1, 0.15) is 5.00 Å². The fourth-order valence-electron chi connectivity index (χ4n) is 3.93. The Morgan fingerprint density at radius 2 is 1.96 bits per heavy atom. The number of rotatable bonds is 5. The molecule has 0 saturated carbocycles. The molecule has 2 aliphatic carbocycles. The van der Waals surface area contributed by atoms with Crippen LogP contribution < -0.4 is 11.1 Å². The minimum Gasteiger partial charge on any atom is -0.481 e. The van der Waals surface area contributed by atoms with Crippen LogP contribution in [0, 0.1) is 17.8 Å². The van der Waals surface area contributed by atoms with Crippen molar-refractivity contribution in [3.05, 3.63) is 28.2 Å². The third kappa shape index (κ3) is 3.53. The molecule has 1 aromatic rings. The lowest BCUT2D eigenvalue weighted by Crippen LogP contribution is -2.35. The van der Waals surface area contributed by atoms with Crippen molar-refractivity contribution in [1.82, 2.24) is 0 Å². The summed E-state index contributed by atoms with van der Waals surface area (Å²) in [5.74, 6) is -2.65. The molecule has 0 fully saturated rings. The molecule has 1 heterocycles. The van der Waals surface area contributed by atoms with Crippen LogP contribution in [-0.2, 0) is 22.4 Å². The Bertz CT molecular complexity index is 768. The number of hydrogen-bond acceptors (Lipinski definition) is 4. The third-order valence-electron chi connectivity index (χ3n) is 5.51. The fraction of sp³-hybridized carbons (Fsp3) is 0.526. The minimum absolute atomic E-state index is 0.342. The molecule has 2 amide bonds. The van der Waals surface area contributed by atoms with Crippen LogP contribution in [0.3, 0.4) is 0 Å². The molecule has 0 radical (unpaired) electrons. The van der Waals surface area contributed by atoms with Gasteiger partial charge in [-0.3, -0.25) is 14.4 Å². The number of hydrogen-bond donors (Lipinski definition) is 3. The van der Waals surface area contributed by atoms with Crippen LogP contribution in [0.15, 0.2) is 12.2 Å². The Labute approximate surface area is 156 Å². The SMILES string of the molecule is CC[C@@H]1CCc2c(sc(NC(=O)[C@@H]3CC=CC[C@@H]3C(=O)O)c2C(N)=O)C1. The molecule has 0 aliphatic heterocycles. The molecule has 2 aliphatic rings. The van der Waals surface area contributed by atoms with E-state index < -0.39 is 23.7 Å². The Balaban J connectivity index is 1.86. The van der Waals surface area contributed by atoms with Gasteiger partial charge >= 0.3 is 5.97 Å². The van der Waals surface area contributed by atoms with Gasteiger partial charge in [0.05, 0.1) is 17.4 Å². The maximum atomic E-state index is 12.7. The summed E-state index contributed by atoms with van der Waals surface area (Å²) in [5, 5.41) is 12.7. The van der Waals surface area contributed by atoms with Crippen LogP contribution in [0.5, 0.6) is 0 Å². The number of anilines is 1. The molecule has 0 bridgehead atoms. The van der Waals surface area contributed by atoms with Crippen molar-refractivity contribution in [3.63, 3.8) is 0 Å². The third-order valence-corrected chi connectivity index (χ3v) is 6.68. The first-order valence-corrected chi connectivity index (χ1v) is 9.87. The lowest BCUT2D eigenvalue weighted by Gasteiger charge is -2.24. The highest BCUT2D eigenvalue weighted by Crippen LogP contribution is 2.40. The number of nitrogens with two attached hydrogens (primary N) is 1. The van der Waals surface area contributed by atoms with Gasteiger partial charge in [-0.2, -0.15) is 0 Å². The molecule has 0 spiro atoms. The van der Waals surface area contributed by atoms with Crippen molar-refractivity contribution >= 4 is 34.1 Å². The van der Waals surface area contributed by atoms with E-state index in [1.807, 2.05) is 6.08 Å². The molecule has 7 heteroatoms. The molecule has 1 aromatic heterocycles. The van der Waals surface area contributed by atoms with Crippen LogP contribution in [0.4, 0.5) is 5.00 Å². The number of carbonyl (C=O) groups excluding carboxylic acids is 2. The van der Waals surface area contributed by atoms with E-state index >= 15 is 0 Å². The number of nitrogens with one attached hydrogen (secondary N) is 1. The zero-order valence-corrected chi connectivity index (χ0v) is 15.6. The summed E-state index contributed by atoms with van der Waals surface area (Å²) >= 11 is 1.41. The summed E-state index contributed by atoms with van der Waals surface area (Å²) < 4.78 is 0. The summed E-state index contributed by atoms with van der Waals surface area (Å²) in [5.41, 5.74) is 6.96. The average molecular weight is 376 g/mol. The van der Waals surface area contributed by atoms with Crippen LogP contribution in [0.25, 0.3) is 0 Å². The van der Waals surface area contributed by atoms with Gasteiger partial charge in [-0.15, -0.1) is 11.3 Å². The average Bonchev–Trinajstić information content (AvgIpc) is 2.98. The van der Waals surface area contributed by atoms with E-state index in [0.717, 1.165) is 36.1 Å². The van der Waals surface area contributed by atoms with Crippen LogP contribution >= 0.6 is 11.3 Å². The van der Waals surface area contributed by atoms with Crippen molar-refractivity contribution < 1.29 is 19.5 Å². The van der Waals surface area contributed by atoms with Crippen LogP contribution in [0.1, 0.15) is 53.4 Å². The number of carboxylic acids is 1. The molecule has 3 rings (SSSR count). The second-order valence-corrected chi connectivity index (χ2v) is 8.18. The summed E-state index contributed by atoms with van der Waals surface area (Å²) in [6.45, 7) is 2.16. The number of thiophene rings is 1. The molecule has 3 atom stereocenters. The lowest BCUT2D eigenvalue weighted by molar-refractivity contribution is -0.146. The number of carbonyl (C=O) groups is 3. The molecule has 26 heavy (non-hydrogen) atoms. The molecule has 140 valence electrons. The molecule has 4 N–H and O–H groups in total. The standard InChI is InChI=1S/C19H24N2O4S/c1-2-10-7-8-13-14(9-10)26-18(15(13)16(20)22)21-17(23)11-5-3-4-6-12(11)19(24)25/h3-4,10-12H,2,5-9H2,1H3,(H2,20,22)(H,21,23)(H,24,25)/t10-,11-,12+/m1/s1. The first kappa shape index (κ1) is 18.6. The molecular formula is C19H24N2O4S. The molecule has 0 aromatic carbocycles. The highest BCUT2D eigenvalue weighted by atomic mass is 32.1. The van der Waals surface area contributed by atoms with Crippen molar-refractivity contribution in [2.75, 3.05) is 5.32 Å². The zero-order valence-electron chi connectivity index (χ0n) is 14.8. The van der Waals surface area contributed by atoms with Crippen LogP contribution in [0.2, 0.25) is 0 Å². The number of aliphatic carboxylic acids is 1. The van der Waals surface area contributed by atoms with Crippen LogP contribution in [-0.4, -0.2) is 22.9 Å². The number of primary amides is 1. The molecule has 0 unspecified atom stereocenters. The van der Waals surface area contributed by atoms with Gasteiger partial charge in [0.15, 0.2) is 0 Å². The van der Waals surface area contributed by atoms with E-state index in [2.05, 4.69) is 12.2 Å². The monoisotopic (exact) mass is 376 g/mol. The van der Waals surface area contributed by atoms with Gasteiger partial charge in [0, 0.05) is 4.88 Å². The van der Waals surface area contributed by atoms with E-state index in [4.69, 9.17) is 5.73 Å². The van der Waals surface area contributed by atoms with Gasteiger partial charge in [0.2, 0.25) is 5.91 Å². The van der Waals surface area contributed by atoms with Gasteiger partial charge in [-0.25, -0.2) is 0 Å². The predicted octanol–water partition coefficient (Wildman–Crippen LogP) is 2.97. The van der Waals surface area contributed by atoms with Gasteiger partial charge in [0.25, 0.3) is 5.91 Å². The van der Waals surface area contributed by atoms with E-state index in [-0.39, 0.29) is 5.91 Å². The van der Waals surface area contributed by atoms with E-state index in [1.54, 1.807) is 6.08 Å². The summed E-state index contributed by atoms with van der Waals surface area (Å²) in [4.78, 5) is 37.3. The number of carboxylic acid groups (broad SMARTS) is 1. The predicted molar refractivity (Wildman–Crippen MR) is 100 cm³/mol. The second-order valence-electron chi connectivity index (χ2n) is 7.07. The minimum atomic E-state index is -0.971. The summed E-state index contributed by atoms with van der Waals surface area (Å²) in [7, 11) is 0. The fourth-order valence-corrected chi connectivity index (χ4v) is 5.30. The maximum absolute atomic E-state index is 12.7. The molecular weight excluding hydrogens is 352 g/mol.